The summed E-state index contributed by atoms with van der Waals surface area (Å²) < 4.78 is 0. The van der Waals surface area contributed by atoms with E-state index in [9.17, 15) is 0 Å². The minimum absolute atomic E-state index is 0.0635. The van der Waals surface area contributed by atoms with Gasteiger partial charge in [-0.05, 0) is 41.5 Å². The molecule has 0 saturated heterocycles. The lowest BCUT2D eigenvalue weighted by Crippen LogP contribution is -2.13. The van der Waals surface area contributed by atoms with E-state index in [0.717, 1.165) is 12.8 Å². The highest BCUT2D eigenvalue weighted by Crippen LogP contribution is 2.29. The Hall–Kier alpha value is -2.67. The highest BCUT2D eigenvalue weighted by atomic mass is 14.8. The molecule has 24 heavy (non-hydrogen) atoms. The Morgan fingerprint density at radius 3 is 1.88 bits per heavy atom. The lowest BCUT2D eigenvalue weighted by molar-refractivity contribution is 0.808. The molecule has 1 nitrogen and oxygen atoms in total. The van der Waals surface area contributed by atoms with Crippen molar-refractivity contribution in [3.05, 3.63) is 107 Å². The van der Waals surface area contributed by atoms with Gasteiger partial charge in [0.25, 0.3) is 0 Å². The number of nitrogens with zero attached hydrogens (tertiary/aromatic N) is 1. The van der Waals surface area contributed by atoms with Crippen LogP contribution in [0.25, 0.3) is 0 Å². The van der Waals surface area contributed by atoms with Crippen LogP contribution >= 0.6 is 0 Å². The van der Waals surface area contributed by atoms with Crippen LogP contribution in [0.15, 0.2) is 89.9 Å². The van der Waals surface area contributed by atoms with E-state index in [2.05, 4.69) is 84.9 Å². The van der Waals surface area contributed by atoms with E-state index >= 15 is 0 Å². The largest absolute Gasteiger partial charge is 0.276 e. The molecule has 3 aromatic rings. The predicted molar refractivity (Wildman–Crippen MR) is 101 cm³/mol. The second-order valence-corrected chi connectivity index (χ2v) is 6.31. The zero-order valence-electron chi connectivity index (χ0n) is 13.7. The Kier molecular flexibility index (Phi) is 4.24. The number of rotatable bonds is 3. The summed E-state index contributed by atoms with van der Waals surface area (Å²) in [4.78, 5) is 5.23. The minimum Gasteiger partial charge on any atom is -0.276 e. The van der Waals surface area contributed by atoms with Crippen molar-refractivity contribution in [1.29, 1.82) is 0 Å². The molecule has 0 radical (unpaired) electrons. The van der Waals surface area contributed by atoms with Crippen molar-refractivity contribution in [2.24, 2.45) is 4.99 Å². The number of aryl methyl sites for hydroxylation is 1. The summed E-state index contributed by atoms with van der Waals surface area (Å²) in [6.45, 7) is 0. The molecule has 0 spiro atoms. The molecule has 0 atom stereocenters. The Labute approximate surface area is 143 Å². The Morgan fingerprint density at radius 2 is 1.21 bits per heavy atom. The van der Waals surface area contributed by atoms with Gasteiger partial charge < -0.3 is 0 Å². The van der Waals surface area contributed by atoms with Crippen molar-refractivity contribution in [2.45, 2.75) is 25.3 Å². The topological polar surface area (TPSA) is 12.4 Å². The van der Waals surface area contributed by atoms with Crippen molar-refractivity contribution in [3.8, 4) is 0 Å². The minimum atomic E-state index is 0.0635. The summed E-state index contributed by atoms with van der Waals surface area (Å²) in [5.74, 6) is 0. The first kappa shape index (κ1) is 14.9. The van der Waals surface area contributed by atoms with Crippen molar-refractivity contribution in [1.82, 2.24) is 0 Å². The second kappa shape index (κ2) is 6.84. The van der Waals surface area contributed by atoms with Crippen LogP contribution in [0.5, 0.6) is 0 Å². The lowest BCUT2D eigenvalue weighted by Gasteiger charge is -2.21. The molecule has 1 aliphatic rings. The summed E-state index contributed by atoms with van der Waals surface area (Å²) in [7, 11) is 0. The number of fused-ring (bicyclic) bond motifs is 1. The highest BCUT2D eigenvalue weighted by Gasteiger charge is 2.18. The van der Waals surface area contributed by atoms with Crippen molar-refractivity contribution in [3.63, 3.8) is 0 Å². The summed E-state index contributed by atoms with van der Waals surface area (Å²) in [6.07, 6.45) is 3.41. The van der Waals surface area contributed by atoms with E-state index in [-0.39, 0.29) is 6.04 Å². The molecule has 0 aliphatic heterocycles. The molecule has 3 aromatic carbocycles. The number of hydrogen-bond acceptors (Lipinski definition) is 1. The highest BCUT2D eigenvalue weighted by molar-refractivity contribution is 6.02. The van der Waals surface area contributed by atoms with E-state index < -0.39 is 0 Å². The lowest BCUT2D eigenvalue weighted by atomic mass is 9.89. The summed E-state index contributed by atoms with van der Waals surface area (Å²) in [5, 5.41) is 0. The molecule has 0 N–H and O–H groups in total. The second-order valence-electron chi connectivity index (χ2n) is 6.31. The molecule has 0 heterocycles. The van der Waals surface area contributed by atoms with Gasteiger partial charge in [-0.1, -0.05) is 84.9 Å². The quantitative estimate of drug-likeness (QED) is 0.597. The van der Waals surface area contributed by atoms with E-state index in [0.29, 0.717) is 0 Å². The van der Waals surface area contributed by atoms with Gasteiger partial charge in [0.1, 0.15) is 6.04 Å². The van der Waals surface area contributed by atoms with Crippen LogP contribution in [0.4, 0.5) is 0 Å². The maximum Gasteiger partial charge on any atom is 0.100 e. The Bertz CT molecular complexity index is 795. The molecule has 1 heteroatoms. The van der Waals surface area contributed by atoms with Gasteiger partial charge in [0, 0.05) is 5.71 Å². The van der Waals surface area contributed by atoms with Crippen LogP contribution in [-0.2, 0) is 6.42 Å². The number of benzene rings is 3. The smallest absolute Gasteiger partial charge is 0.100 e. The third-order valence-electron chi connectivity index (χ3n) is 4.70. The van der Waals surface area contributed by atoms with Gasteiger partial charge in [0.05, 0.1) is 0 Å². The van der Waals surface area contributed by atoms with Gasteiger partial charge in [0.2, 0.25) is 0 Å². The molecule has 118 valence electrons. The molecule has 0 aromatic heterocycles. The fourth-order valence-corrected chi connectivity index (χ4v) is 3.50. The molecule has 0 fully saturated rings. The molecule has 0 unspecified atom stereocenters. The maximum atomic E-state index is 5.23. The van der Waals surface area contributed by atoms with E-state index in [1.165, 1.54) is 34.4 Å². The van der Waals surface area contributed by atoms with Crippen LogP contribution in [0, 0.1) is 0 Å². The van der Waals surface area contributed by atoms with Crippen LogP contribution in [0.2, 0.25) is 0 Å². The Morgan fingerprint density at radius 1 is 0.625 bits per heavy atom. The SMILES string of the molecule is c1ccc(C(/N=C2\CCCc3ccccc32)c2ccccc2)cc1. The first-order chi connectivity index (χ1) is 11.9. The fourth-order valence-electron chi connectivity index (χ4n) is 3.50. The normalized spacial score (nSPS) is 15.5. The molecule has 0 saturated carbocycles. The first-order valence-electron chi connectivity index (χ1n) is 8.66. The summed E-state index contributed by atoms with van der Waals surface area (Å²) in [6, 6.07) is 30.0. The standard InChI is InChI=1S/C23H21N/c1-3-11-19(12-4-1)23(20-13-5-2-6-14-20)24-22-17-9-15-18-10-7-8-16-21(18)22/h1-8,10-14,16,23H,9,15,17H2/b24-22+. The average Bonchev–Trinajstić information content (AvgIpc) is 2.67. The molecular weight excluding hydrogens is 290 g/mol. The third kappa shape index (κ3) is 3.03. The third-order valence-corrected chi connectivity index (χ3v) is 4.70. The molecular formula is C23H21N. The summed E-state index contributed by atoms with van der Waals surface area (Å²) in [5.41, 5.74) is 6.51. The zero-order valence-corrected chi connectivity index (χ0v) is 13.7. The number of aliphatic imine (C=N–C) groups is 1. The van der Waals surface area contributed by atoms with Crippen LogP contribution in [0.3, 0.4) is 0 Å². The zero-order chi connectivity index (χ0) is 16.2. The number of hydrogen-bond donors (Lipinski definition) is 0. The first-order valence-corrected chi connectivity index (χ1v) is 8.66. The monoisotopic (exact) mass is 311 g/mol. The molecule has 0 bridgehead atoms. The average molecular weight is 311 g/mol. The van der Waals surface area contributed by atoms with Crippen molar-refractivity contribution in [2.75, 3.05) is 0 Å². The van der Waals surface area contributed by atoms with Crippen LogP contribution in [-0.4, -0.2) is 5.71 Å². The van der Waals surface area contributed by atoms with Gasteiger partial charge in [0.15, 0.2) is 0 Å². The van der Waals surface area contributed by atoms with E-state index in [1.807, 2.05) is 0 Å². The van der Waals surface area contributed by atoms with Crippen LogP contribution < -0.4 is 0 Å². The van der Waals surface area contributed by atoms with E-state index in [1.54, 1.807) is 0 Å². The maximum absolute atomic E-state index is 5.23. The van der Waals surface area contributed by atoms with Crippen LogP contribution in [0.1, 0.15) is 41.1 Å². The van der Waals surface area contributed by atoms with Gasteiger partial charge in [-0.25, -0.2) is 0 Å². The Balaban J connectivity index is 1.81. The van der Waals surface area contributed by atoms with Gasteiger partial charge in [-0.3, -0.25) is 4.99 Å². The van der Waals surface area contributed by atoms with Gasteiger partial charge in [-0.15, -0.1) is 0 Å². The van der Waals surface area contributed by atoms with Gasteiger partial charge in [-0.2, -0.15) is 0 Å². The molecule has 1 aliphatic carbocycles. The van der Waals surface area contributed by atoms with Gasteiger partial charge >= 0.3 is 0 Å². The summed E-state index contributed by atoms with van der Waals surface area (Å²) >= 11 is 0. The molecule has 0 amide bonds. The van der Waals surface area contributed by atoms with Crippen molar-refractivity contribution >= 4 is 5.71 Å². The van der Waals surface area contributed by atoms with E-state index in [4.69, 9.17) is 4.99 Å². The van der Waals surface area contributed by atoms with Crippen molar-refractivity contribution < 1.29 is 0 Å². The predicted octanol–water partition coefficient (Wildman–Crippen LogP) is 5.60. The molecule has 4 rings (SSSR count). The fraction of sp³-hybridized carbons (Fsp3) is 0.174.